The minimum absolute atomic E-state index is 0.0589. The average molecular weight is 441 g/mol. The first-order valence-electron chi connectivity index (χ1n) is 9.15. The standard InChI is InChI=1S/C19H19ClF2N4O2S/c1-2-29-26(14-5-3-4-13(20)8-14)15-9-25(10-15)16-7-6-12(11-27-16)18-23-24-19(28-18)17(21)22/h3-5,7-8,11,15,17H,2,6,9-10H2,1H3. The van der Waals surface area contributed by atoms with Crippen molar-refractivity contribution in [1.82, 2.24) is 15.1 Å². The van der Waals surface area contributed by atoms with Crippen molar-refractivity contribution in [2.45, 2.75) is 25.8 Å². The molecule has 0 radical (unpaired) electrons. The van der Waals surface area contributed by atoms with Gasteiger partial charge in [-0.2, -0.15) is 8.78 Å². The molecular weight excluding hydrogens is 422 g/mol. The molecule has 0 bridgehead atoms. The second-order valence-corrected chi connectivity index (χ2v) is 8.20. The molecule has 1 aromatic heterocycles. The highest BCUT2D eigenvalue weighted by Gasteiger charge is 2.35. The van der Waals surface area contributed by atoms with Crippen molar-refractivity contribution in [3.8, 4) is 0 Å². The predicted octanol–water partition coefficient (Wildman–Crippen LogP) is 5.12. The third kappa shape index (κ3) is 4.35. The lowest BCUT2D eigenvalue weighted by atomic mass is 10.1. The smallest absolute Gasteiger partial charge is 0.314 e. The number of ether oxygens (including phenoxy) is 1. The summed E-state index contributed by atoms with van der Waals surface area (Å²) in [6, 6.07) is 8.17. The zero-order chi connectivity index (χ0) is 20.4. The lowest BCUT2D eigenvalue weighted by molar-refractivity contribution is 0.106. The van der Waals surface area contributed by atoms with Gasteiger partial charge in [-0.15, -0.1) is 10.2 Å². The van der Waals surface area contributed by atoms with Gasteiger partial charge >= 0.3 is 6.43 Å². The number of likely N-dealkylation sites (tertiary alicyclic amines) is 1. The largest absolute Gasteiger partial charge is 0.449 e. The molecule has 2 aromatic rings. The summed E-state index contributed by atoms with van der Waals surface area (Å²) in [5.74, 6) is 1.07. The van der Waals surface area contributed by atoms with Crippen molar-refractivity contribution in [3.63, 3.8) is 0 Å². The Labute approximate surface area is 176 Å². The van der Waals surface area contributed by atoms with Crippen molar-refractivity contribution < 1.29 is 17.9 Å². The van der Waals surface area contributed by atoms with Crippen LogP contribution in [0.3, 0.4) is 0 Å². The van der Waals surface area contributed by atoms with Gasteiger partial charge in [0, 0.05) is 36.0 Å². The Hall–Kier alpha value is -2.26. The molecule has 154 valence electrons. The number of aromatic nitrogens is 2. The Bertz CT molecular complexity index is 930. The quantitative estimate of drug-likeness (QED) is 0.553. The van der Waals surface area contributed by atoms with Crippen LogP contribution in [0, 0.1) is 0 Å². The second-order valence-electron chi connectivity index (χ2n) is 6.54. The number of hydrogen-bond acceptors (Lipinski definition) is 7. The van der Waals surface area contributed by atoms with E-state index in [1.54, 1.807) is 11.9 Å². The normalized spacial score (nSPS) is 16.9. The van der Waals surface area contributed by atoms with E-state index in [9.17, 15) is 8.78 Å². The number of halogens is 3. The molecule has 0 N–H and O–H groups in total. The van der Waals surface area contributed by atoms with E-state index in [-0.39, 0.29) is 5.89 Å². The number of hydrogen-bond donors (Lipinski definition) is 0. The van der Waals surface area contributed by atoms with Crippen LogP contribution >= 0.6 is 23.5 Å². The number of benzene rings is 1. The molecule has 0 spiro atoms. The topological polar surface area (TPSA) is 54.6 Å². The van der Waals surface area contributed by atoms with E-state index in [4.69, 9.17) is 20.8 Å². The van der Waals surface area contributed by atoms with E-state index in [0.717, 1.165) is 30.4 Å². The van der Waals surface area contributed by atoms with Gasteiger partial charge in [-0.3, -0.25) is 0 Å². The molecule has 1 saturated heterocycles. The maximum absolute atomic E-state index is 12.6. The minimum Gasteiger partial charge on any atom is -0.449 e. The van der Waals surface area contributed by atoms with Gasteiger partial charge in [-0.25, -0.2) is 0 Å². The molecule has 4 rings (SSSR count). The van der Waals surface area contributed by atoms with Crippen molar-refractivity contribution in [2.75, 3.05) is 23.1 Å². The molecule has 0 aliphatic carbocycles. The summed E-state index contributed by atoms with van der Waals surface area (Å²) in [6.07, 6.45) is 1.08. The van der Waals surface area contributed by atoms with Gasteiger partial charge in [0.05, 0.1) is 11.6 Å². The predicted molar refractivity (Wildman–Crippen MR) is 108 cm³/mol. The molecule has 6 nitrogen and oxygen atoms in total. The highest BCUT2D eigenvalue weighted by molar-refractivity contribution is 8.00. The lowest BCUT2D eigenvalue weighted by Crippen LogP contribution is -2.57. The van der Waals surface area contributed by atoms with Crippen LogP contribution < -0.4 is 4.31 Å². The van der Waals surface area contributed by atoms with E-state index >= 15 is 0 Å². The summed E-state index contributed by atoms with van der Waals surface area (Å²) in [6.45, 7) is 3.74. The van der Waals surface area contributed by atoms with Crippen LogP contribution in [-0.4, -0.2) is 40.0 Å². The molecule has 1 fully saturated rings. The summed E-state index contributed by atoms with van der Waals surface area (Å²) in [4.78, 5) is 2.13. The Morgan fingerprint density at radius 2 is 2.17 bits per heavy atom. The van der Waals surface area contributed by atoms with Crippen LogP contribution in [0.1, 0.15) is 31.6 Å². The molecule has 0 amide bonds. The van der Waals surface area contributed by atoms with E-state index in [2.05, 4.69) is 32.4 Å². The summed E-state index contributed by atoms with van der Waals surface area (Å²) in [5.41, 5.74) is 1.66. The van der Waals surface area contributed by atoms with Crippen molar-refractivity contribution in [3.05, 3.63) is 59.3 Å². The van der Waals surface area contributed by atoms with Crippen molar-refractivity contribution in [1.29, 1.82) is 0 Å². The van der Waals surface area contributed by atoms with Gasteiger partial charge in [0.1, 0.15) is 6.26 Å². The number of nitrogens with zero attached hydrogens (tertiary/aromatic N) is 4. The highest BCUT2D eigenvalue weighted by atomic mass is 35.5. The highest BCUT2D eigenvalue weighted by Crippen LogP contribution is 2.34. The Morgan fingerprint density at radius 1 is 1.34 bits per heavy atom. The summed E-state index contributed by atoms with van der Waals surface area (Å²) in [5, 5.41) is 7.71. The minimum atomic E-state index is -2.78. The van der Waals surface area contributed by atoms with Crippen molar-refractivity contribution >= 4 is 34.8 Å². The summed E-state index contributed by atoms with van der Waals surface area (Å²) in [7, 11) is 0. The van der Waals surface area contributed by atoms with E-state index < -0.39 is 12.3 Å². The van der Waals surface area contributed by atoms with E-state index in [0.29, 0.717) is 23.1 Å². The maximum atomic E-state index is 12.6. The molecule has 2 aliphatic heterocycles. The third-order valence-corrected chi connectivity index (χ3v) is 5.84. The molecular formula is C19H19ClF2N4O2S. The molecule has 10 heteroatoms. The molecule has 2 aliphatic rings. The first-order chi connectivity index (χ1) is 14.0. The van der Waals surface area contributed by atoms with Crippen LogP contribution in [0.15, 0.2) is 46.9 Å². The fourth-order valence-corrected chi connectivity index (χ4v) is 4.21. The van der Waals surface area contributed by atoms with Gasteiger partial charge < -0.3 is 18.4 Å². The zero-order valence-corrected chi connectivity index (χ0v) is 17.2. The van der Waals surface area contributed by atoms with Crippen molar-refractivity contribution in [2.24, 2.45) is 0 Å². The SMILES string of the molecule is CCSN(c1cccc(Cl)c1)C1CN(C2=CCC(c3nnc(C(F)F)o3)=CO2)C1. The van der Waals surface area contributed by atoms with Gasteiger partial charge in [0.25, 0.3) is 5.89 Å². The zero-order valence-electron chi connectivity index (χ0n) is 15.6. The Kier molecular flexibility index (Phi) is 5.96. The fraction of sp³-hybridized carbons (Fsp3) is 0.368. The first-order valence-corrected chi connectivity index (χ1v) is 10.5. The molecule has 0 unspecified atom stereocenters. The molecule has 3 heterocycles. The maximum Gasteiger partial charge on any atom is 0.314 e. The molecule has 1 aromatic carbocycles. The van der Waals surface area contributed by atoms with Gasteiger partial charge in [0.2, 0.25) is 5.89 Å². The fourth-order valence-electron chi connectivity index (χ4n) is 3.15. The summed E-state index contributed by atoms with van der Waals surface area (Å²) >= 11 is 7.91. The van der Waals surface area contributed by atoms with Gasteiger partial charge in [-0.05, 0) is 36.2 Å². The second kappa shape index (κ2) is 8.62. The van der Waals surface area contributed by atoms with Crippen LogP contribution in [-0.2, 0) is 4.74 Å². The third-order valence-electron chi connectivity index (χ3n) is 4.56. The van der Waals surface area contributed by atoms with Crippen LogP contribution in [0.4, 0.5) is 14.5 Å². The Balaban J connectivity index is 1.35. The number of alkyl halides is 2. The van der Waals surface area contributed by atoms with E-state index in [1.807, 2.05) is 24.3 Å². The average Bonchev–Trinajstić information content (AvgIpc) is 3.17. The number of anilines is 1. The van der Waals surface area contributed by atoms with Gasteiger partial charge in [0.15, 0.2) is 5.88 Å². The Morgan fingerprint density at radius 3 is 2.79 bits per heavy atom. The van der Waals surface area contributed by atoms with Crippen LogP contribution in [0.2, 0.25) is 5.02 Å². The molecule has 0 saturated carbocycles. The number of allylic oxidation sites excluding steroid dienone is 2. The van der Waals surface area contributed by atoms with Crippen LogP contribution in [0.5, 0.6) is 0 Å². The van der Waals surface area contributed by atoms with E-state index in [1.165, 1.54) is 6.26 Å². The van der Waals surface area contributed by atoms with Crippen LogP contribution in [0.25, 0.3) is 5.57 Å². The summed E-state index contributed by atoms with van der Waals surface area (Å²) < 4.78 is 38.1. The molecule has 0 atom stereocenters. The van der Waals surface area contributed by atoms with Gasteiger partial charge in [-0.1, -0.05) is 24.6 Å². The number of rotatable bonds is 7. The monoisotopic (exact) mass is 440 g/mol. The lowest BCUT2D eigenvalue weighted by Gasteiger charge is -2.47. The molecule has 29 heavy (non-hydrogen) atoms. The first kappa shape index (κ1) is 20.0.